The van der Waals surface area contributed by atoms with Crippen molar-refractivity contribution in [3.8, 4) is 5.75 Å². The van der Waals surface area contributed by atoms with Gasteiger partial charge in [-0.25, -0.2) is 4.79 Å². The molecule has 4 heteroatoms. The molecule has 15 heavy (non-hydrogen) atoms. The number of benzene rings is 1. The molecule has 0 saturated heterocycles. The van der Waals surface area contributed by atoms with Crippen molar-refractivity contribution in [1.82, 2.24) is 4.98 Å². The van der Waals surface area contributed by atoms with E-state index in [2.05, 4.69) is 4.98 Å². The van der Waals surface area contributed by atoms with E-state index in [1.54, 1.807) is 30.6 Å². The third kappa shape index (κ3) is 1.61. The third-order valence-corrected chi connectivity index (χ3v) is 2.19. The average molecular weight is 203 g/mol. The number of aromatic carboxylic acids is 1. The minimum atomic E-state index is -0.995. The van der Waals surface area contributed by atoms with Crippen LogP contribution in [0.2, 0.25) is 0 Å². The van der Waals surface area contributed by atoms with E-state index in [1.807, 2.05) is 0 Å². The smallest absolute Gasteiger partial charge is 0.339 e. The highest BCUT2D eigenvalue weighted by Gasteiger charge is 2.11. The van der Waals surface area contributed by atoms with Gasteiger partial charge in [0.2, 0.25) is 0 Å². The first kappa shape index (κ1) is 9.45. The summed E-state index contributed by atoms with van der Waals surface area (Å²) in [6, 6.07) is 5.02. The summed E-state index contributed by atoms with van der Waals surface area (Å²) in [5, 5.41) is 10.7. The molecule has 0 aliphatic carbocycles. The number of carboxylic acid groups (broad SMARTS) is 1. The summed E-state index contributed by atoms with van der Waals surface area (Å²) in [6.45, 7) is 0. The summed E-state index contributed by atoms with van der Waals surface area (Å²) in [7, 11) is 1.45. The zero-order valence-corrected chi connectivity index (χ0v) is 8.10. The first-order chi connectivity index (χ1) is 7.22. The molecule has 0 atom stereocenters. The number of hydrogen-bond donors (Lipinski definition) is 1. The molecule has 1 aromatic heterocycles. The highest BCUT2D eigenvalue weighted by Crippen LogP contribution is 2.25. The SMILES string of the molecule is COc1cc2cnccc2cc1C(=O)O. The van der Waals surface area contributed by atoms with E-state index in [4.69, 9.17) is 9.84 Å². The van der Waals surface area contributed by atoms with Crippen molar-refractivity contribution in [2.75, 3.05) is 7.11 Å². The molecule has 0 bridgehead atoms. The van der Waals surface area contributed by atoms with Gasteiger partial charge in [-0.15, -0.1) is 0 Å². The fourth-order valence-corrected chi connectivity index (χ4v) is 1.45. The maximum absolute atomic E-state index is 10.9. The zero-order valence-electron chi connectivity index (χ0n) is 8.10. The van der Waals surface area contributed by atoms with Gasteiger partial charge in [0.05, 0.1) is 7.11 Å². The number of fused-ring (bicyclic) bond motifs is 1. The van der Waals surface area contributed by atoms with Gasteiger partial charge >= 0.3 is 5.97 Å². The molecule has 2 aromatic rings. The molecule has 0 unspecified atom stereocenters. The topological polar surface area (TPSA) is 59.4 Å². The van der Waals surface area contributed by atoms with Gasteiger partial charge in [-0.05, 0) is 23.6 Å². The lowest BCUT2D eigenvalue weighted by molar-refractivity contribution is 0.0693. The molecule has 76 valence electrons. The van der Waals surface area contributed by atoms with E-state index in [0.717, 1.165) is 10.8 Å². The Kier molecular flexibility index (Phi) is 2.25. The molecule has 0 amide bonds. The van der Waals surface area contributed by atoms with Crippen LogP contribution < -0.4 is 4.74 Å². The van der Waals surface area contributed by atoms with Crippen LogP contribution in [0.25, 0.3) is 10.8 Å². The number of ether oxygens (including phenoxy) is 1. The summed E-state index contributed by atoms with van der Waals surface area (Å²) in [5.74, 6) is -0.645. The van der Waals surface area contributed by atoms with Crippen molar-refractivity contribution in [1.29, 1.82) is 0 Å². The highest BCUT2D eigenvalue weighted by atomic mass is 16.5. The van der Waals surface area contributed by atoms with Gasteiger partial charge < -0.3 is 9.84 Å². The number of methoxy groups -OCH3 is 1. The predicted molar refractivity (Wildman–Crippen MR) is 55.3 cm³/mol. The van der Waals surface area contributed by atoms with Gasteiger partial charge in [0, 0.05) is 17.8 Å². The van der Waals surface area contributed by atoms with Crippen LogP contribution in [-0.2, 0) is 0 Å². The number of hydrogen-bond acceptors (Lipinski definition) is 3. The molecular weight excluding hydrogens is 194 g/mol. The minimum Gasteiger partial charge on any atom is -0.496 e. The van der Waals surface area contributed by atoms with E-state index in [1.165, 1.54) is 7.11 Å². The Labute approximate surface area is 86.1 Å². The lowest BCUT2D eigenvalue weighted by Gasteiger charge is -2.06. The minimum absolute atomic E-state index is 0.163. The van der Waals surface area contributed by atoms with Crippen LogP contribution in [0.4, 0.5) is 0 Å². The van der Waals surface area contributed by atoms with Crippen LogP contribution in [0, 0.1) is 0 Å². The molecule has 0 saturated carbocycles. The van der Waals surface area contributed by atoms with Crippen molar-refractivity contribution < 1.29 is 14.6 Å². The number of pyridine rings is 1. The maximum Gasteiger partial charge on any atom is 0.339 e. The monoisotopic (exact) mass is 203 g/mol. The Morgan fingerprint density at radius 2 is 2.20 bits per heavy atom. The van der Waals surface area contributed by atoms with Crippen LogP contribution in [0.1, 0.15) is 10.4 Å². The van der Waals surface area contributed by atoms with Crippen molar-refractivity contribution >= 4 is 16.7 Å². The van der Waals surface area contributed by atoms with Crippen LogP contribution in [0.15, 0.2) is 30.6 Å². The molecule has 1 aromatic carbocycles. The van der Waals surface area contributed by atoms with Gasteiger partial charge in [0.1, 0.15) is 11.3 Å². The number of rotatable bonds is 2. The summed E-state index contributed by atoms with van der Waals surface area (Å²) >= 11 is 0. The Morgan fingerprint density at radius 1 is 1.40 bits per heavy atom. The second-order valence-corrected chi connectivity index (χ2v) is 3.08. The second kappa shape index (κ2) is 3.57. The summed E-state index contributed by atoms with van der Waals surface area (Å²) in [4.78, 5) is 14.9. The summed E-state index contributed by atoms with van der Waals surface area (Å²) in [5.41, 5.74) is 0.163. The number of nitrogens with zero attached hydrogens (tertiary/aromatic N) is 1. The molecular formula is C11H9NO3. The normalized spacial score (nSPS) is 10.2. The quantitative estimate of drug-likeness (QED) is 0.810. The van der Waals surface area contributed by atoms with Crippen LogP contribution >= 0.6 is 0 Å². The number of carboxylic acids is 1. The predicted octanol–water partition coefficient (Wildman–Crippen LogP) is 1.94. The third-order valence-electron chi connectivity index (χ3n) is 2.19. The van der Waals surface area contributed by atoms with Crippen LogP contribution in [0.5, 0.6) is 5.75 Å². The molecule has 0 radical (unpaired) electrons. The Balaban J connectivity index is 2.74. The zero-order chi connectivity index (χ0) is 10.8. The van der Waals surface area contributed by atoms with Gasteiger partial charge in [0.25, 0.3) is 0 Å². The van der Waals surface area contributed by atoms with Crippen LogP contribution in [-0.4, -0.2) is 23.2 Å². The molecule has 1 heterocycles. The molecule has 0 aliphatic rings. The van der Waals surface area contributed by atoms with E-state index in [0.29, 0.717) is 5.75 Å². The second-order valence-electron chi connectivity index (χ2n) is 3.08. The highest BCUT2D eigenvalue weighted by molar-refractivity contribution is 5.97. The molecule has 2 rings (SSSR count). The number of aromatic nitrogens is 1. The lowest BCUT2D eigenvalue weighted by atomic mass is 10.1. The van der Waals surface area contributed by atoms with Gasteiger partial charge in [0.15, 0.2) is 0 Å². The summed E-state index contributed by atoms with van der Waals surface area (Å²) < 4.78 is 5.01. The van der Waals surface area contributed by atoms with Gasteiger partial charge in [-0.2, -0.15) is 0 Å². The Bertz CT molecular complexity index is 522. The fourth-order valence-electron chi connectivity index (χ4n) is 1.45. The van der Waals surface area contributed by atoms with Crippen molar-refractivity contribution in [2.45, 2.75) is 0 Å². The molecule has 0 spiro atoms. The molecule has 0 aliphatic heterocycles. The largest absolute Gasteiger partial charge is 0.496 e. The first-order valence-electron chi connectivity index (χ1n) is 4.37. The maximum atomic E-state index is 10.9. The van der Waals surface area contributed by atoms with E-state index in [9.17, 15) is 4.79 Å². The fraction of sp³-hybridized carbons (Fsp3) is 0.0909. The van der Waals surface area contributed by atoms with E-state index < -0.39 is 5.97 Å². The van der Waals surface area contributed by atoms with Crippen molar-refractivity contribution in [2.24, 2.45) is 0 Å². The summed E-state index contributed by atoms with van der Waals surface area (Å²) in [6.07, 6.45) is 3.30. The first-order valence-corrected chi connectivity index (χ1v) is 4.37. The Hall–Kier alpha value is -2.10. The standard InChI is InChI=1S/C11H9NO3/c1-15-10-5-8-6-12-3-2-7(8)4-9(10)11(13)14/h2-6H,1H3,(H,13,14). The van der Waals surface area contributed by atoms with E-state index >= 15 is 0 Å². The van der Waals surface area contributed by atoms with Crippen molar-refractivity contribution in [3.05, 3.63) is 36.2 Å². The molecule has 1 N–H and O–H groups in total. The van der Waals surface area contributed by atoms with Crippen LogP contribution in [0.3, 0.4) is 0 Å². The Morgan fingerprint density at radius 3 is 2.87 bits per heavy atom. The average Bonchev–Trinajstić information content (AvgIpc) is 2.27. The lowest BCUT2D eigenvalue weighted by Crippen LogP contribution is -2.00. The number of carbonyl (C=O) groups is 1. The van der Waals surface area contributed by atoms with E-state index in [-0.39, 0.29) is 5.56 Å². The molecule has 4 nitrogen and oxygen atoms in total. The van der Waals surface area contributed by atoms with Gasteiger partial charge in [-0.1, -0.05) is 0 Å². The van der Waals surface area contributed by atoms with Gasteiger partial charge in [-0.3, -0.25) is 4.98 Å². The molecule has 0 fully saturated rings. The van der Waals surface area contributed by atoms with Crippen molar-refractivity contribution in [3.63, 3.8) is 0 Å².